The van der Waals surface area contributed by atoms with Crippen molar-refractivity contribution in [1.82, 2.24) is 14.8 Å². The van der Waals surface area contributed by atoms with Gasteiger partial charge in [0.15, 0.2) is 5.78 Å². The number of carbonyl (C=O) groups excluding carboxylic acids is 2. The number of nitrogens with zero attached hydrogens (tertiary/aromatic N) is 2. The van der Waals surface area contributed by atoms with Gasteiger partial charge in [-0.2, -0.15) is 5.10 Å². The van der Waals surface area contributed by atoms with E-state index in [0.29, 0.717) is 22.5 Å². The molecule has 0 atom stereocenters. The van der Waals surface area contributed by atoms with Gasteiger partial charge in [0.1, 0.15) is 0 Å². The number of Topliss-reactive ketones (excluding diaryl/α,β-unsaturated/α-hetero) is 1. The van der Waals surface area contributed by atoms with Crippen LogP contribution in [0.15, 0.2) is 0 Å². The van der Waals surface area contributed by atoms with Gasteiger partial charge in [0.05, 0.1) is 28.3 Å². The van der Waals surface area contributed by atoms with Crippen molar-refractivity contribution in [3.63, 3.8) is 0 Å². The number of anilines is 1. The maximum atomic E-state index is 12.7. The van der Waals surface area contributed by atoms with Crippen LogP contribution in [0.5, 0.6) is 0 Å². The normalized spacial score (nSPS) is 10.9. The smallest absolute Gasteiger partial charge is 0.257 e. The van der Waals surface area contributed by atoms with Crippen LogP contribution in [0, 0.1) is 27.7 Å². The molecular weight excluding hydrogens is 292 g/mol. The second-order valence-electron chi connectivity index (χ2n) is 5.90. The Morgan fingerprint density at radius 3 is 2.39 bits per heavy atom. The molecule has 0 aliphatic carbocycles. The van der Waals surface area contributed by atoms with Gasteiger partial charge >= 0.3 is 0 Å². The molecule has 0 unspecified atom stereocenters. The summed E-state index contributed by atoms with van der Waals surface area (Å²) in [6.07, 6.45) is 0.980. The number of carbonyl (C=O) groups is 2. The van der Waals surface area contributed by atoms with Crippen LogP contribution in [0.25, 0.3) is 0 Å². The number of hydrogen-bond acceptors (Lipinski definition) is 3. The fraction of sp³-hybridized carbons (Fsp3) is 0.471. The Labute approximate surface area is 136 Å². The van der Waals surface area contributed by atoms with Crippen molar-refractivity contribution in [3.05, 3.63) is 33.9 Å². The van der Waals surface area contributed by atoms with Crippen molar-refractivity contribution in [2.45, 2.75) is 54.5 Å². The molecule has 0 saturated heterocycles. The molecule has 6 nitrogen and oxygen atoms in total. The minimum atomic E-state index is -0.217. The zero-order valence-corrected chi connectivity index (χ0v) is 14.6. The van der Waals surface area contributed by atoms with Crippen LogP contribution in [0.1, 0.15) is 63.8 Å². The van der Waals surface area contributed by atoms with Crippen LogP contribution in [0.2, 0.25) is 0 Å². The fourth-order valence-electron chi connectivity index (χ4n) is 2.93. The molecule has 2 aromatic rings. The van der Waals surface area contributed by atoms with E-state index in [2.05, 4.69) is 22.3 Å². The number of amides is 1. The van der Waals surface area contributed by atoms with Gasteiger partial charge in [-0.3, -0.25) is 14.3 Å². The molecule has 2 N–H and O–H groups in total. The Morgan fingerprint density at radius 1 is 1.22 bits per heavy atom. The van der Waals surface area contributed by atoms with E-state index in [-0.39, 0.29) is 11.7 Å². The molecule has 0 aliphatic heterocycles. The summed E-state index contributed by atoms with van der Waals surface area (Å²) in [5, 5.41) is 7.42. The Hall–Kier alpha value is -2.37. The van der Waals surface area contributed by atoms with Crippen LogP contribution in [-0.4, -0.2) is 26.5 Å². The summed E-state index contributed by atoms with van der Waals surface area (Å²) in [7, 11) is 0. The molecule has 2 heterocycles. The first-order valence-electron chi connectivity index (χ1n) is 7.83. The largest absolute Gasteiger partial charge is 0.355 e. The van der Waals surface area contributed by atoms with Gasteiger partial charge in [0.25, 0.3) is 5.91 Å². The Balaban J connectivity index is 2.36. The topological polar surface area (TPSA) is 79.8 Å². The second-order valence-corrected chi connectivity index (χ2v) is 5.90. The monoisotopic (exact) mass is 316 g/mol. The zero-order chi connectivity index (χ0) is 17.3. The number of rotatable bonds is 5. The Kier molecular flexibility index (Phi) is 4.73. The molecule has 23 heavy (non-hydrogen) atoms. The van der Waals surface area contributed by atoms with Crippen LogP contribution >= 0.6 is 0 Å². The highest BCUT2D eigenvalue weighted by Crippen LogP contribution is 2.24. The molecule has 0 saturated carbocycles. The molecule has 0 bridgehead atoms. The second kappa shape index (κ2) is 6.40. The minimum absolute atomic E-state index is 0.0761. The molecule has 0 fully saturated rings. The highest BCUT2D eigenvalue weighted by molar-refractivity contribution is 6.09. The molecule has 6 heteroatoms. The third-order valence-electron chi connectivity index (χ3n) is 4.07. The summed E-state index contributed by atoms with van der Waals surface area (Å²) in [4.78, 5) is 27.3. The lowest BCUT2D eigenvalue weighted by molar-refractivity contribution is 0.101. The van der Waals surface area contributed by atoms with E-state index in [1.54, 1.807) is 13.8 Å². The number of nitrogens with one attached hydrogen (secondary N) is 2. The van der Waals surface area contributed by atoms with Gasteiger partial charge in [-0.05, 0) is 39.7 Å². The van der Waals surface area contributed by atoms with E-state index in [4.69, 9.17) is 0 Å². The van der Waals surface area contributed by atoms with E-state index < -0.39 is 0 Å². The quantitative estimate of drug-likeness (QED) is 0.831. The third-order valence-corrected chi connectivity index (χ3v) is 4.07. The summed E-state index contributed by atoms with van der Waals surface area (Å²) in [6.45, 7) is 11.8. The SMILES string of the molecule is CCCn1nc(C)c(NC(=O)c2c(C)[nH]c(C(C)=O)c2C)c1C. The zero-order valence-electron chi connectivity index (χ0n) is 14.6. The van der Waals surface area contributed by atoms with E-state index in [1.807, 2.05) is 18.5 Å². The summed E-state index contributed by atoms with van der Waals surface area (Å²) >= 11 is 0. The summed E-state index contributed by atoms with van der Waals surface area (Å²) in [5.41, 5.74) is 4.87. The van der Waals surface area contributed by atoms with Crippen molar-refractivity contribution >= 4 is 17.4 Å². The van der Waals surface area contributed by atoms with E-state index in [0.717, 1.165) is 30.0 Å². The first-order chi connectivity index (χ1) is 10.8. The van der Waals surface area contributed by atoms with Crippen molar-refractivity contribution in [3.8, 4) is 0 Å². The standard InChI is InChI=1S/C17H24N4O2/c1-7-8-21-12(5)16(11(4)20-21)19-17(23)14-9(2)15(13(6)22)18-10(14)3/h18H,7-8H2,1-6H3,(H,19,23). The summed E-state index contributed by atoms with van der Waals surface area (Å²) < 4.78 is 1.91. The molecule has 124 valence electrons. The van der Waals surface area contributed by atoms with Gasteiger partial charge in [-0.25, -0.2) is 0 Å². The van der Waals surface area contributed by atoms with Crippen LogP contribution in [-0.2, 0) is 6.54 Å². The van der Waals surface area contributed by atoms with E-state index in [1.165, 1.54) is 6.92 Å². The number of ketones is 1. The molecule has 2 rings (SSSR count). The number of H-pyrrole nitrogens is 1. The average molecular weight is 316 g/mol. The molecule has 0 aromatic carbocycles. The van der Waals surface area contributed by atoms with Crippen molar-refractivity contribution in [2.75, 3.05) is 5.32 Å². The predicted molar refractivity (Wildman–Crippen MR) is 90.2 cm³/mol. The maximum absolute atomic E-state index is 12.7. The van der Waals surface area contributed by atoms with Crippen molar-refractivity contribution in [1.29, 1.82) is 0 Å². The number of aryl methyl sites for hydroxylation is 3. The lowest BCUT2D eigenvalue weighted by Crippen LogP contribution is -2.15. The van der Waals surface area contributed by atoms with Crippen LogP contribution in [0.4, 0.5) is 5.69 Å². The van der Waals surface area contributed by atoms with Gasteiger partial charge in [-0.1, -0.05) is 6.92 Å². The number of hydrogen-bond donors (Lipinski definition) is 2. The van der Waals surface area contributed by atoms with Gasteiger partial charge in [-0.15, -0.1) is 0 Å². The van der Waals surface area contributed by atoms with Gasteiger partial charge < -0.3 is 10.3 Å². The first-order valence-corrected chi connectivity index (χ1v) is 7.83. The average Bonchev–Trinajstić information content (AvgIpc) is 2.90. The number of aromatic nitrogens is 3. The van der Waals surface area contributed by atoms with Gasteiger partial charge in [0.2, 0.25) is 0 Å². The van der Waals surface area contributed by atoms with Crippen LogP contribution < -0.4 is 5.32 Å². The predicted octanol–water partition coefficient (Wildman–Crippen LogP) is 3.31. The van der Waals surface area contributed by atoms with Crippen molar-refractivity contribution < 1.29 is 9.59 Å². The molecule has 0 aliphatic rings. The fourth-order valence-corrected chi connectivity index (χ4v) is 2.93. The maximum Gasteiger partial charge on any atom is 0.257 e. The van der Waals surface area contributed by atoms with E-state index >= 15 is 0 Å². The highest BCUT2D eigenvalue weighted by atomic mass is 16.1. The lowest BCUT2D eigenvalue weighted by Gasteiger charge is -2.07. The summed E-state index contributed by atoms with van der Waals surface area (Å²) in [5.74, 6) is -0.293. The lowest BCUT2D eigenvalue weighted by atomic mass is 10.1. The highest BCUT2D eigenvalue weighted by Gasteiger charge is 2.22. The Morgan fingerprint density at radius 2 is 1.87 bits per heavy atom. The Bertz CT molecular complexity index is 768. The molecular formula is C17H24N4O2. The van der Waals surface area contributed by atoms with E-state index in [9.17, 15) is 9.59 Å². The molecule has 1 amide bonds. The third kappa shape index (κ3) is 3.06. The molecule has 0 spiro atoms. The van der Waals surface area contributed by atoms with Gasteiger partial charge in [0, 0.05) is 19.2 Å². The minimum Gasteiger partial charge on any atom is -0.355 e. The van der Waals surface area contributed by atoms with Crippen LogP contribution in [0.3, 0.4) is 0 Å². The molecule has 0 radical (unpaired) electrons. The number of aromatic amines is 1. The first kappa shape index (κ1) is 17.0. The molecule has 2 aromatic heterocycles. The summed E-state index contributed by atoms with van der Waals surface area (Å²) in [6, 6.07) is 0. The van der Waals surface area contributed by atoms with Crippen molar-refractivity contribution in [2.24, 2.45) is 0 Å².